The maximum Gasteiger partial charge on any atom is 0.275 e. The van der Waals surface area contributed by atoms with E-state index in [4.69, 9.17) is 4.42 Å². The predicted molar refractivity (Wildman–Crippen MR) is 107 cm³/mol. The van der Waals surface area contributed by atoms with Gasteiger partial charge in [-0.05, 0) is 24.0 Å². The van der Waals surface area contributed by atoms with Crippen LogP contribution in [0.5, 0.6) is 0 Å². The number of fused-ring (bicyclic) bond motifs is 2. The average Bonchev–Trinajstić information content (AvgIpc) is 3.45. The summed E-state index contributed by atoms with van der Waals surface area (Å²) >= 11 is 0. The molecule has 0 spiro atoms. The molecule has 2 aliphatic heterocycles. The van der Waals surface area contributed by atoms with E-state index in [-0.39, 0.29) is 23.8 Å². The quantitative estimate of drug-likeness (QED) is 0.684. The fourth-order valence-corrected chi connectivity index (χ4v) is 4.99. The maximum atomic E-state index is 13.1. The van der Waals surface area contributed by atoms with Crippen molar-refractivity contribution in [3.63, 3.8) is 0 Å². The van der Waals surface area contributed by atoms with E-state index in [9.17, 15) is 9.59 Å². The molecule has 3 aliphatic rings. The fraction of sp³-hybridized carbons (Fsp3) is 0.409. The Bertz CT molecular complexity index is 1110. The Hall–Kier alpha value is -3.09. The second-order valence-electron chi connectivity index (χ2n) is 8.36. The first kappa shape index (κ1) is 18.0. The highest BCUT2D eigenvalue weighted by molar-refractivity contribution is 5.93. The molecule has 1 aliphatic carbocycles. The molecule has 2 aromatic heterocycles. The van der Waals surface area contributed by atoms with Crippen LogP contribution in [0.25, 0.3) is 10.9 Å². The third-order valence-corrected chi connectivity index (χ3v) is 6.45. The average molecular weight is 392 g/mol. The zero-order chi connectivity index (χ0) is 20.3. The zero-order valence-electron chi connectivity index (χ0n) is 16.8. The number of oxazole rings is 1. The van der Waals surface area contributed by atoms with Crippen molar-refractivity contribution in [2.75, 3.05) is 20.6 Å². The molecule has 0 N–H and O–H groups in total. The summed E-state index contributed by atoms with van der Waals surface area (Å²) in [4.78, 5) is 33.2. The summed E-state index contributed by atoms with van der Waals surface area (Å²) in [7, 11) is 5.42. The summed E-state index contributed by atoms with van der Waals surface area (Å²) < 4.78 is 7.70. The van der Waals surface area contributed by atoms with Crippen molar-refractivity contribution in [2.45, 2.75) is 24.8 Å². The minimum Gasteiger partial charge on any atom is -0.447 e. The van der Waals surface area contributed by atoms with Gasteiger partial charge in [0.15, 0.2) is 12.1 Å². The molecule has 1 saturated carbocycles. The summed E-state index contributed by atoms with van der Waals surface area (Å²) in [6, 6.07) is 8.24. The summed E-state index contributed by atoms with van der Waals surface area (Å²) in [5.74, 6) is 1.00. The molecule has 4 heterocycles. The standard InChI is InChI=1S/C22H24N4O3/c1-24(2)22(28)20-21(29-12-23-20)19-14-8-17(19)26(11-14)18(27)9-13-10-25(3)16-7-5-4-6-15(13)16/h4-7,10,12,14,17,19H,8-9,11H2,1-3H3. The Kier molecular flexibility index (Phi) is 4.01. The molecule has 3 unspecified atom stereocenters. The van der Waals surface area contributed by atoms with Crippen molar-refractivity contribution < 1.29 is 14.0 Å². The largest absolute Gasteiger partial charge is 0.447 e. The lowest BCUT2D eigenvalue weighted by Gasteiger charge is -2.35. The van der Waals surface area contributed by atoms with Crippen molar-refractivity contribution in [2.24, 2.45) is 13.0 Å². The monoisotopic (exact) mass is 392 g/mol. The molecular weight excluding hydrogens is 368 g/mol. The van der Waals surface area contributed by atoms with Gasteiger partial charge in [0.1, 0.15) is 5.76 Å². The molecule has 7 nitrogen and oxygen atoms in total. The Morgan fingerprint density at radius 3 is 2.86 bits per heavy atom. The number of hydrogen-bond donors (Lipinski definition) is 0. The molecular formula is C22H24N4O3. The van der Waals surface area contributed by atoms with Crippen molar-refractivity contribution in [3.8, 4) is 0 Å². The lowest BCUT2D eigenvalue weighted by atomic mass is 9.72. The first-order valence-corrected chi connectivity index (χ1v) is 9.93. The molecule has 29 heavy (non-hydrogen) atoms. The number of aryl methyl sites for hydroxylation is 1. The smallest absolute Gasteiger partial charge is 0.275 e. The highest BCUT2D eigenvalue weighted by atomic mass is 16.3. The Morgan fingerprint density at radius 1 is 1.28 bits per heavy atom. The van der Waals surface area contributed by atoms with Crippen LogP contribution in [0.4, 0.5) is 0 Å². The van der Waals surface area contributed by atoms with E-state index < -0.39 is 0 Å². The number of rotatable bonds is 4. The molecule has 2 bridgehead atoms. The summed E-state index contributed by atoms with van der Waals surface area (Å²) in [6.07, 6.45) is 4.73. The number of para-hydroxylation sites is 1. The molecule has 7 heteroatoms. The van der Waals surface area contributed by atoms with Gasteiger partial charge in [-0.15, -0.1) is 0 Å². The molecule has 3 fully saturated rings. The van der Waals surface area contributed by atoms with Crippen LogP contribution in [0.3, 0.4) is 0 Å². The van der Waals surface area contributed by atoms with Crippen molar-refractivity contribution in [1.82, 2.24) is 19.4 Å². The van der Waals surface area contributed by atoms with Gasteiger partial charge < -0.3 is 18.8 Å². The van der Waals surface area contributed by atoms with Crippen LogP contribution in [0, 0.1) is 5.92 Å². The molecule has 3 aromatic rings. The number of benzene rings is 1. The van der Waals surface area contributed by atoms with Gasteiger partial charge in [0, 0.05) is 56.7 Å². The zero-order valence-corrected chi connectivity index (χ0v) is 16.8. The van der Waals surface area contributed by atoms with Crippen molar-refractivity contribution in [1.29, 1.82) is 0 Å². The van der Waals surface area contributed by atoms with Crippen LogP contribution < -0.4 is 0 Å². The van der Waals surface area contributed by atoms with Crippen LogP contribution in [-0.4, -0.2) is 57.8 Å². The number of carbonyl (C=O) groups is 2. The SMILES string of the molecule is CN(C)C(=O)c1ncoc1C1C2CC1N(C(=O)Cc1cn(C)c3ccccc13)C2. The molecule has 6 rings (SSSR count). The van der Waals surface area contributed by atoms with E-state index in [1.165, 1.54) is 11.3 Å². The van der Waals surface area contributed by atoms with E-state index in [1.54, 1.807) is 14.1 Å². The first-order chi connectivity index (χ1) is 14.0. The van der Waals surface area contributed by atoms with Gasteiger partial charge in [-0.1, -0.05) is 18.2 Å². The number of nitrogens with zero attached hydrogens (tertiary/aromatic N) is 4. The van der Waals surface area contributed by atoms with Gasteiger partial charge in [-0.25, -0.2) is 4.98 Å². The molecule has 3 atom stereocenters. The summed E-state index contributed by atoms with van der Waals surface area (Å²) in [5, 5.41) is 1.13. The second-order valence-corrected chi connectivity index (χ2v) is 8.36. The Labute approximate surface area is 168 Å². The molecule has 1 aromatic carbocycles. The number of hydrogen-bond acceptors (Lipinski definition) is 4. The van der Waals surface area contributed by atoms with Crippen molar-refractivity contribution in [3.05, 3.63) is 53.9 Å². The molecule has 2 saturated heterocycles. The third kappa shape index (κ3) is 2.68. The molecule has 2 amide bonds. The summed E-state index contributed by atoms with van der Waals surface area (Å²) in [6.45, 7) is 0.717. The van der Waals surface area contributed by atoms with Crippen LogP contribution in [0.1, 0.15) is 34.2 Å². The maximum absolute atomic E-state index is 13.1. The number of amides is 2. The highest BCUT2D eigenvalue weighted by Gasteiger charge is 2.56. The van der Waals surface area contributed by atoms with E-state index in [1.807, 2.05) is 30.3 Å². The Balaban J connectivity index is 1.36. The van der Waals surface area contributed by atoms with E-state index in [0.29, 0.717) is 23.8 Å². The van der Waals surface area contributed by atoms with E-state index in [0.717, 1.165) is 29.4 Å². The van der Waals surface area contributed by atoms with Crippen LogP contribution >= 0.6 is 0 Å². The van der Waals surface area contributed by atoms with Gasteiger partial charge in [0.2, 0.25) is 5.91 Å². The van der Waals surface area contributed by atoms with Crippen LogP contribution in [0.15, 0.2) is 41.3 Å². The van der Waals surface area contributed by atoms with Gasteiger partial charge in [-0.3, -0.25) is 9.59 Å². The summed E-state index contributed by atoms with van der Waals surface area (Å²) in [5.41, 5.74) is 2.56. The highest BCUT2D eigenvalue weighted by Crippen LogP contribution is 2.53. The topological polar surface area (TPSA) is 71.6 Å². The lowest BCUT2D eigenvalue weighted by Crippen LogP contribution is -2.41. The molecule has 150 valence electrons. The van der Waals surface area contributed by atoms with E-state index >= 15 is 0 Å². The number of aromatic nitrogens is 2. The normalized spacial score (nSPS) is 22.7. The fourth-order valence-electron chi connectivity index (χ4n) is 4.99. The predicted octanol–water partition coefficient (Wildman–Crippen LogP) is 2.43. The van der Waals surface area contributed by atoms with Gasteiger partial charge >= 0.3 is 0 Å². The van der Waals surface area contributed by atoms with Gasteiger partial charge in [-0.2, -0.15) is 0 Å². The van der Waals surface area contributed by atoms with Crippen LogP contribution in [-0.2, 0) is 18.3 Å². The second kappa shape index (κ2) is 6.47. The minimum absolute atomic E-state index is 0.0628. The van der Waals surface area contributed by atoms with Crippen molar-refractivity contribution >= 4 is 22.7 Å². The third-order valence-electron chi connectivity index (χ3n) is 6.45. The minimum atomic E-state index is -0.159. The Morgan fingerprint density at radius 2 is 2.07 bits per heavy atom. The molecule has 0 radical (unpaired) electrons. The van der Waals surface area contributed by atoms with E-state index in [2.05, 4.69) is 21.7 Å². The van der Waals surface area contributed by atoms with Gasteiger partial charge in [0.25, 0.3) is 5.91 Å². The first-order valence-electron chi connectivity index (χ1n) is 9.93. The number of carbonyl (C=O) groups excluding carboxylic acids is 2. The van der Waals surface area contributed by atoms with Gasteiger partial charge in [0.05, 0.1) is 6.42 Å². The van der Waals surface area contributed by atoms with Crippen LogP contribution in [0.2, 0.25) is 0 Å². The lowest BCUT2D eigenvalue weighted by molar-refractivity contribution is -0.130.